The molecule has 61 heavy (non-hydrogen) atoms. The summed E-state index contributed by atoms with van der Waals surface area (Å²) in [6, 6.07) is 13.8. The Morgan fingerprint density at radius 3 is 2.56 bits per heavy atom. The van der Waals surface area contributed by atoms with Crippen molar-refractivity contribution in [3.63, 3.8) is 0 Å². The summed E-state index contributed by atoms with van der Waals surface area (Å²) in [5.41, 5.74) is 2.02. The van der Waals surface area contributed by atoms with Gasteiger partial charge >= 0.3 is 18.9 Å². The molecule has 2 aromatic heterocycles. The number of rotatable bonds is 15. The number of nitrogens with one attached hydrogen (secondary N) is 1. The maximum Gasteiger partial charge on any atom is 0.372 e. The molecule has 4 heterocycles. The van der Waals surface area contributed by atoms with Crippen LogP contribution in [0, 0.1) is 23.6 Å². The molecule has 0 aliphatic carbocycles. The molecular formula is C40H48ClFN7O9PS2. The highest BCUT2D eigenvalue weighted by atomic mass is 35.5. The molecule has 0 radical (unpaired) electrons. The third-order valence-corrected chi connectivity index (χ3v) is 11.1. The minimum absolute atomic E-state index is 0.0964. The highest BCUT2D eigenvalue weighted by molar-refractivity contribution is 8.13. The van der Waals surface area contributed by atoms with Gasteiger partial charge in [0.2, 0.25) is 4.80 Å². The molecule has 4 aromatic rings. The van der Waals surface area contributed by atoms with Crippen molar-refractivity contribution in [1.29, 1.82) is 0 Å². The van der Waals surface area contributed by atoms with Crippen LogP contribution in [0.15, 0.2) is 53.5 Å². The van der Waals surface area contributed by atoms with Crippen LogP contribution in [0.2, 0.25) is 5.15 Å². The van der Waals surface area contributed by atoms with Crippen LogP contribution in [0.5, 0.6) is 11.5 Å². The molecule has 1 amide bonds. The highest BCUT2D eigenvalue weighted by Gasteiger charge is 2.31. The third kappa shape index (κ3) is 15.9. The first-order valence-corrected chi connectivity index (χ1v) is 23.1. The van der Waals surface area contributed by atoms with E-state index in [1.165, 1.54) is 72.1 Å². The third-order valence-electron chi connectivity index (χ3n) is 8.72. The van der Waals surface area contributed by atoms with E-state index in [-0.39, 0.29) is 40.6 Å². The number of hydrogen-bond donors (Lipinski definition) is 4. The van der Waals surface area contributed by atoms with Gasteiger partial charge in [-0.25, -0.2) is 14.2 Å². The number of benzene rings is 2. The largest absolute Gasteiger partial charge is 0.481 e. The lowest BCUT2D eigenvalue weighted by Crippen LogP contribution is -2.39. The summed E-state index contributed by atoms with van der Waals surface area (Å²) >= 11 is 8.34. The molecule has 0 fully saturated rings. The fourth-order valence-electron chi connectivity index (χ4n) is 5.94. The van der Waals surface area contributed by atoms with Gasteiger partial charge in [-0.1, -0.05) is 101 Å². The van der Waals surface area contributed by atoms with E-state index < -0.39 is 32.2 Å². The lowest BCUT2D eigenvalue weighted by Gasteiger charge is -2.28. The van der Waals surface area contributed by atoms with Gasteiger partial charge in [-0.2, -0.15) is 4.37 Å². The van der Waals surface area contributed by atoms with Crippen LogP contribution in [0.1, 0.15) is 65.1 Å². The van der Waals surface area contributed by atoms with E-state index in [1.807, 2.05) is 34.9 Å². The minimum Gasteiger partial charge on any atom is -0.481 e. The first-order chi connectivity index (χ1) is 29.0. The normalized spacial score (nSPS) is 14.0. The molecule has 4 N–H and O–H groups in total. The molecule has 2 aromatic carbocycles. The zero-order chi connectivity index (χ0) is 44.6. The maximum atomic E-state index is 14.5. The number of aliphatic carboxylic acids is 1. The first kappa shape index (κ1) is 49.0. The van der Waals surface area contributed by atoms with E-state index in [1.54, 1.807) is 0 Å². The molecule has 0 saturated heterocycles. The number of halogens is 2. The van der Waals surface area contributed by atoms with Crippen molar-refractivity contribution in [2.75, 3.05) is 36.6 Å². The van der Waals surface area contributed by atoms with Gasteiger partial charge in [0.25, 0.3) is 5.91 Å². The van der Waals surface area contributed by atoms with Gasteiger partial charge in [0.15, 0.2) is 23.3 Å². The summed E-state index contributed by atoms with van der Waals surface area (Å²) < 4.78 is 41.8. The number of hydrogen-bond acceptors (Lipinski definition) is 13. The number of ether oxygens (including phenoxy) is 2. The molecule has 6 rings (SSSR count). The minimum atomic E-state index is -4.10. The van der Waals surface area contributed by atoms with Gasteiger partial charge in [-0.15, -0.1) is 16.6 Å². The Kier molecular flexibility index (Phi) is 18.9. The zero-order valence-electron chi connectivity index (χ0n) is 33.9. The summed E-state index contributed by atoms with van der Waals surface area (Å²) in [4.78, 5) is 56.8. The van der Waals surface area contributed by atoms with Gasteiger partial charge in [-0.3, -0.25) is 24.4 Å². The Balaban J connectivity index is 0.000000221. The second kappa shape index (κ2) is 23.5. The lowest BCUT2D eigenvalue weighted by molar-refractivity contribution is -0.135. The molecule has 0 spiro atoms. The fraction of sp³-hybridized carbons (Fsp3) is 0.425. The Morgan fingerprint density at radius 1 is 1.15 bits per heavy atom. The van der Waals surface area contributed by atoms with Crippen LogP contribution in [0.4, 0.5) is 20.6 Å². The van der Waals surface area contributed by atoms with Gasteiger partial charge in [0.1, 0.15) is 23.0 Å². The van der Waals surface area contributed by atoms with E-state index in [0.29, 0.717) is 27.7 Å². The number of anilines is 1. The number of nitrogens with zero attached hydrogens (tertiary/aromatic N) is 6. The van der Waals surface area contributed by atoms with E-state index in [9.17, 15) is 23.3 Å². The summed E-state index contributed by atoms with van der Waals surface area (Å²) in [5.74, 6) is 2.88. The van der Waals surface area contributed by atoms with Crippen molar-refractivity contribution in [1.82, 2.24) is 24.5 Å². The van der Waals surface area contributed by atoms with E-state index in [2.05, 4.69) is 51.6 Å². The first-order valence-electron chi connectivity index (χ1n) is 19.2. The van der Waals surface area contributed by atoms with Crippen LogP contribution in [0.25, 0.3) is 11.3 Å². The summed E-state index contributed by atoms with van der Waals surface area (Å²) in [6.45, 7) is 6.82. The number of carbonyl (C=O) groups excluding carboxylic acids is 2. The average molecular weight is 920 g/mol. The van der Waals surface area contributed by atoms with Crippen molar-refractivity contribution in [3.05, 3.63) is 70.1 Å². The molecule has 2 aliphatic rings. The fourth-order valence-corrected chi connectivity index (χ4v) is 7.90. The van der Waals surface area contributed by atoms with E-state index in [0.717, 1.165) is 42.9 Å². The van der Waals surface area contributed by atoms with Crippen LogP contribution in [0.3, 0.4) is 0 Å². The second-order valence-electron chi connectivity index (χ2n) is 14.5. The van der Waals surface area contributed by atoms with Crippen molar-refractivity contribution in [3.8, 4) is 35.1 Å². The molecule has 328 valence electrons. The topological polar surface area (TPSA) is 219 Å². The van der Waals surface area contributed by atoms with Crippen molar-refractivity contribution >= 4 is 71.0 Å². The van der Waals surface area contributed by atoms with Gasteiger partial charge in [0.05, 0.1) is 25.1 Å². The predicted octanol–water partition coefficient (Wildman–Crippen LogP) is 7.44. The number of aromatic nitrogens is 4. The van der Waals surface area contributed by atoms with Crippen molar-refractivity contribution < 1.29 is 47.7 Å². The Hall–Kier alpha value is -4.67. The lowest BCUT2D eigenvalue weighted by atomic mass is 9.92. The predicted molar refractivity (Wildman–Crippen MR) is 233 cm³/mol. The maximum absolute atomic E-state index is 14.5. The molecule has 0 bridgehead atoms. The smallest absolute Gasteiger partial charge is 0.372 e. The van der Waals surface area contributed by atoms with Gasteiger partial charge in [0, 0.05) is 47.9 Å². The van der Waals surface area contributed by atoms with Crippen molar-refractivity contribution in [2.45, 2.75) is 72.3 Å². The number of thioether (sulfide) groups is 1. The Bertz CT molecular complexity index is 2300. The van der Waals surface area contributed by atoms with Gasteiger partial charge in [-0.05, 0) is 29.7 Å². The molecule has 0 unspecified atom stereocenters. The molecule has 0 atom stereocenters. The van der Waals surface area contributed by atoms with Crippen LogP contribution in [-0.4, -0.2) is 82.9 Å². The van der Waals surface area contributed by atoms with Crippen LogP contribution >= 0.6 is 42.5 Å². The zero-order valence-corrected chi connectivity index (χ0v) is 37.2. The monoisotopic (exact) mass is 919 g/mol. The number of amides is 1. The van der Waals surface area contributed by atoms with E-state index >= 15 is 0 Å². The van der Waals surface area contributed by atoms with Crippen LogP contribution in [-0.2, 0) is 27.1 Å². The summed E-state index contributed by atoms with van der Waals surface area (Å²) in [6.07, 6.45) is 12.8. The highest BCUT2D eigenvalue weighted by Crippen LogP contribution is 2.38. The Labute approximate surface area is 366 Å². The number of unbranched alkanes of at least 4 members (excludes halogenated alkanes) is 5. The number of carboxylic acids is 1. The quantitative estimate of drug-likeness (QED) is 0.0394. The SMILES string of the molecule is C#CCN1C(=O)COc2cc(F)c(N=c3snc4n3CC(C)(C)C4)cc21.CCCCCCCCSC(=O)Oc1cc(Cl)nnc1-c1ccccc1.O=C(O)CNCP(=O)(O)O. The molecule has 2 aliphatic heterocycles. The molecule has 16 nitrogen and oxygen atoms in total. The van der Waals surface area contributed by atoms with E-state index in [4.69, 9.17) is 42.4 Å². The molecule has 21 heteroatoms. The summed E-state index contributed by atoms with van der Waals surface area (Å²) in [5, 5.41) is 17.8. The van der Waals surface area contributed by atoms with Crippen LogP contribution < -0.4 is 24.5 Å². The number of carbonyl (C=O) groups is 3. The van der Waals surface area contributed by atoms with Crippen molar-refractivity contribution in [2.24, 2.45) is 10.4 Å². The second-order valence-corrected chi connectivity index (χ2v) is 18.3. The average Bonchev–Trinajstić information content (AvgIpc) is 3.71. The number of fused-ring (bicyclic) bond motifs is 2. The molecule has 0 saturated carbocycles. The molecular weight excluding hydrogens is 872 g/mol. The number of carboxylic acid groups (broad SMARTS) is 1. The standard InChI is InChI=1S/C19H23ClN2O2S.C18H17FN4O2S.C3H8NO5P/c1-2-3-4-5-6-10-13-25-19(23)24-16-14-17(20)21-22-18(16)15-11-8-7-9-12-15;1-4-5-22-13-7-12(11(19)6-14(13)25-9-16(22)24)20-17-23-10-18(2,3)8-15(23)21-26-17;5-3(6)1-4-2-10(7,8)9/h7-9,11-12,14H,2-6,10,13H2,1H3;1,6-7H,5,8-10H2,2-3H3;4H,1-2H2,(H,5,6)(H2,7,8,9). The van der Waals surface area contributed by atoms with Gasteiger partial charge < -0.3 is 28.9 Å². The number of terminal acetylenes is 1. The Morgan fingerprint density at radius 2 is 1.87 bits per heavy atom. The summed E-state index contributed by atoms with van der Waals surface area (Å²) in [7, 11) is -4.10.